The number of nitrogens with zero attached hydrogens (tertiary/aromatic N) is 2. The summed E-state index contributed by atoms with van der Waals surface area (Å²) in [5, 5.41) is 5.55. The Morgan fingerprint density at radius 3 is 2.74 bits per heavy atom. The van der Waals surface area contributed by atoms with E-state index in [2.05, 4.69) is 15.6 Å². The van der Waals surface area contributed by atoms with Crippen molar-refractivity contribution in [1.82, 2.24) is 15.2 Å². The zero-order valence-corrected chi connectivity index (χ0v) is 19.7. The first-order valence-corrected chi connectivity index (χ1v) is 11.7. The number of amides is 3. The number of rotatable bonds is 10. The summed E-state index contributed by atoms with van der Waals surface area (Å²) in [5.74, 6) is 0.783. The van der Waals surface area contributed by atoms with E-state index in [9.17, 15) is 14.4 Å². The fourth-order valence-electron chi connectivity index (χ4n) is 3.94. The number of carbonyl (C=O) groups is 3. The van der Waals surface area contributed by atoms with Gasteiger partial charge in [-0.15, -0.1) is 0 Å². The van der Waals surface area contributed by atoms with Crippen molar-refractivity contribution in [3.05, 3.63) is 47.7 Å². The van der Waals surface area contributed by atoms with E-state index in [1.165, 1.54) is 4.90 Å². The lowest BCUT2D eigenvalue weighted by atomic mass is 10.1. The highest BCUT2D eigenvalue weighted by atomic mass is 16.7. The monoisotopic (exact) mass is 482 g/mol. The molecule has 10 nitrogen and oxygen atoms in total. The quantitative estimate of drug-likeness (QED) is 0.533. The maximum atomic E-state index is 13.1. The molecule has 3 heterocycles. The van der Waals surface area contributed by atoms with Gasteiger partial charge in [0.15, 0.2) is 11.5 Å². The minimum Gasteiger partial charge on any atom is -0.454 e. The van der Waals surface area contributed by atoms with Crippen LogP contribution in [-0.2, 0) is 25.7 Å². The molecule has 2 aromatic rings. The number of aryl methyl sites for hydroxylation is 1. The number of benzene rings is 1. The Morgan fingerprint density at radius 2 is 1.94 bits per heavy atom. The van der Waals surface area contributed by atoms with Gasteiger partial charge in [-0.05, 0) is 55.2 Å². The van der Waals surface area contributed by atoms with Gasteiger partial charge in [0.25, 0.3) is 0 Å². The van der Waals surface area contributed by atoms with Crippen molar-refractivity contribution in [1.29, 1.82) is 0 Å². The summed E-state index contributed by atoms with van der Waals surface area (Å²) in [4.78, 5) is 43.6. The first-order chi connectivity index (χ1) is 17.0. The molecule has 0 saturated carbocycles. The Kier molecular flexibility index (Phi) is 8.15. The number of nitrogens with one attached hydrogen (secondary N) is 2. The molecule has 0 bridgehead atoms. The average Bonchev–Trinajstić information content (AvgIpc) is 3.52. The molecule has 0 aliphatic carbocycles. The fourth-order valence-corrected chi connectivity index (χ4v) is 3.94. The molecule has 0 unspecified atom stereocenters. The van der Waals surface area contributed by atoms with Crippen LogP contribution in [0.2, 0.25) is 0 Å². The summed E-state index contributed by atoms with van der Waals surface area (Å²) >= 11 is 0. The first kappa shape index (κ1) is 24.5. The van der Waals surface area contributed by atoms with Gasteiger partial charge in [0.2, 0.25) is 24.5 Å². The highest BCUT2D eigenvalue weighted by Crippen LogP contribution is 2.32. The minimum atomic E-state index is -0.317. The molecule has 1 saturated heterocycles. The van der Waals surface area contributed by atoms with Gasteiger partial charge in [0, 0.05) is 38.7 Å². The summed E-state index contributed by atoms with van der Waals surface area (Å²) in [6.45, 7) is 3.24. The lowest BCUT2D eigenvalue weighted by molar-refractivity contribution is -0.137. The summed E-state index contributed by atoms with van der Waals surface area (Å²) in [6.07, 6.45) is 3.44. The van der Waals surface area contributed by atoms with Gasteiger partial charge in [0.1, 0.15) is 5.82 Å². The van der Waals surface area contributed by atoms with Crippen molar-refractivity contribution in [2.75, 3.05) is 31.8 Å². The molecule has 10 heteroatoms. The Morgan fingerprint density at radius 1 is 1.09 bits per heavy atom. The molecule has 2 aliphatic heterocycles. The van der Waals surface area contributed by atoms with Crippen LogP contribution in [0.5, 0.6) is 11.5 Å². The van der Waals surface area contributed by atoms with Crippen LogP contribution in [0.3, 0.4) is 0 Å². The van der Waals surface area contributed by atoms with E-state index < -0.39 is 0 Å². The number of hydrogen-bond acceptors (Lipinski definition) is 7. The summed E-state index contributed by atoms with van der Waals surface area (Å²) < 4.78 is 16.3. The molecular formula is C25H30N4O6. The third kappa shape index (κ3) is 7.16. The summed E-state index contributed by atoms with van der Waals surface area (Å²) in [5.41, 5.74) is 1.76. The van der Waals surface area contributed by atoms with Gasteiger partial charge in [-0.1, -0.05) is 6.07 Å². The second-order valence-corrected chi connectivity index (χ2v) is 8.64. The van der Waals surface area contributed by atoms with E-state index in [-0.39, 0.29) is 56.5 Å². The Labute approximate surface area is 203 Å². The molecule has 1 atom stereocenters. The van der Waals surface area contributed by atoms with Crippen LogP contribution in [0.25, 0.3) is 0 Å². The maximum Gasteiger partial charge on any atom is 0.239 e. The Hall–Kier alpha value is -3.66. The SMILES string of the molecule is Cc1ccnc(NC(=O)CCC(=O)N(CC(=O)NC[C@H]2CCCO2)Cc2ccc3c(c2)OCO3)c1. The highest BCUT2D eigenvalue weighted by Gasteiger charge is 2.22. The molecule has 3 amide bonds. The number of pyridine rings is 1. The second-order valence-electron chi connectivity index (χ2n) is 8.64. The fraction of sp³-hybridized carbons (Fsp3) is 0.440. The van der Waals surface area contributed by atoms with Crippen LogP contribution in [0, 0.1) is 6.92 Å². The van der Waals surface area contributed by atoms with Gasteiger partial charge in [0.05, 0.1) is 12.6 Å². The smallest absolute Gasteiger partial charge is 0.239 e. The molecule has 2 N–H and O–H groups in total. The standard InChI is InChI=1S/C25H30N4O6/c1-17-8-9-26-22(11-17)28-23(30)6-7-25(32)29(15-24(31)27-13-19-3-2-10-33-19)14-18-4-5-20-21(12-18)35-16-34-20/h4-5,8-9,11-12,19H,2-3,6-7,10,13-16H2,1H3,(H,27,31)(H,26,28,30)/t19-/m1/s1. The van der Waals surface area contributed by atoms with Crippen molar-refractivity contribution in [2.45, 2.75) is 45.3 Å². The lowest BCUT2D eigenvalue weighted by Gasteiger charge is -2.23. The van der Waals surface area contributed by atoms with Crippen LogP contribution < -0.4 is 20.1 Å². The van der Waals surface area contributed by atoms with Gasteiger partial charge in [-0.2, -0.15) is 0 Å². The van der Waals surface area contributed by atoms with E-state index in [4.69, 9.17) is 14.2 Å². The number of fused-ring (bicyclic) bond motifs is 1. The van der Waals surface area contributed by atoms with E-state index in [0.29, 0.717) is 30.5 Å². The van der Waals surface area contributed by atoms with Crippen molar-refractivity contribution in [3.8, 4) is 11.5 Å². The van der Waals surface area contributed by atoms with Crippen LogP contribution >= 0.6 is 0 Å². The molecular weight excluding hydrogens is 452 g/mol. The van der Waals surface area contributed by atoms with Crippen LogP contribution in [0.4, 0.5) is 5.82 Å². The van der Waals surface area contributed by atoms with Crippen LogP contribution in [0.15, 0.2) is 36.5 Å². The number of aromatic nitrogens is 1. The van der Waals surface area contributed by atoms with Crippen molar-refractivity contribution in [2.24, 2.45) is 0 Å². The maximum absolute atomic E-state index is 13.1. The van der Waals surface area contributed by atoms with E-state index in [1.54, 1.807) is 24.4 Å². The Balaban J connectivity index is 1.35. The van der Waals surface area contributed by atoms with Crippen LogP contribution in [-0.4, -0.2) is 60.2 Å². The van der Waals surface area contributed by atoms with Gasteiger partial charge in [-0.25, -0.2) is 4.98 Å². The minimum absolute atomic E-state index is 0.0101. The summed E-state index contributed by atoms with van der Waals surface area (Å²) in [7, 11) is 0. The molecule has 2 aliphatic rings. The molecule has 1 fully saturated rings. The molecule has 1 aromatic heterocycles. The third-order valence-electron chi connectivity index (χ3n) is 5.80. The number of anilines is 1. The predicted molar refractivity (Wildman–Crippen MR) is 127 cm³/mol. The van der Waals surface area contributed by atoms with E-state index in [1.807, 2.05) is 19.1 Å². The summed E-state index contributed by atoms with van der Waals surface area (Å²) in [6, 6.07) is 8.98. The molecule has 4 rings (SSSR count). The third-order valence-corrected chi connectivity index (χ3v) is 5.80. The van der Waals surface area contributed by atoms with Gasteiger partial charge < -0.3 is 29.7 Å². The zero-order chi connectivity index (χ0) is 24.6. The highest BCUT2D eigenvalue weighted by molar-refractivity contribution is 5.93. The molecule has 35 heavy (non-hydrogen) atoms. The van der Waals surface area contributed by atoms with Crippen molar-refractivity contribution in [3.63, 3.8) is 0 Å². The van der Waals surface area contributed by atoms with Gasteiger partial charge in [-0.3, -0.25) is 14.4 Å². The second kappa shape index (κ2) is 11.7. The normalized spacial score (nSPS) is 16.1. The number of ether oxygens (including phenoxy) is 3. The molecule has 186 valence electrons. The van der Waals surface area contributed by atoms with E-state index >= 15 is 0 Å². The Bertz CT molecular complexity index is 1070. The lowest BCUT2D eigenvalue weighted by Crippen LogP contribution is -2.42. The van der Waals surface area contributed by atoms with Crippen molar-refractivity contribution >= 4 is 23.5 Å². The van der Waals surface area contributed by atoms with Crippen molar-refractivity contribution < 1.29 is 28.6 Å². The molecule has 0 radical (unpaired) electrons. The largest absolute Gasteiger partial charge is 0.454 e. The van der Waals surface area contributed by atoms with Gasteiger partial charge >= 0.3 is 0 Å². The van der Waals surface area contributed by atoms with Crippen LogP contribution in [0.1, 0.15) is 36.8 Å². The zero-order valence-electron chi connectivity index (χ0n) is 19.7. The average molecular weight is 483 g/mol. The number of carbonyl (C=O) groups excluding carboxylic acids is 3. The van der Waals surface area contributed by atoms with E-state index in [0.717, 1.165) is 24.0 Å². The number of hydrogen-bond donors (Lipinski definition) is 2. The predicted octanol–water partition coefficient (Wildman–Crippen LogP) is 2.16. The molecule has 1 aromatic carbocycles. The molecule has 0 spiro atoms. The topological polar surface area (TPSA) is 119 Å². The first-order valence-electron chi connectivity index (χ1n) is 11.7.